The van der Waals surface area contributed by atoms with Gasteiger partial charge in [-0.3, -0.25) is 9.78 Å². The number of carbonyl (C=O) groups excluding carboxylic acids is 2. The van der Waals surface area contributed by atoms with Gasteiger partial charge in [-0.15, -0.1) is 0 Å². The molecule has 0 aliphatic heterocycles. The first-order valence-corrected chi connectivity index (χ1v) is 14.8. The van der Waals surface area contributed by atoms with E-state index in [2.05, 4.69) is 40.2 Å². The number of aryl methyl sites for hydroxylation is 1. The molecule has 3 N–H and O–H groups in total. The number of unbranched alkanes of at least 4 members (excludes halogenated alkanes) is 3. The minimum Gasteiger partial charge on any atom is -0.444 e. The number of ether oxygens (including phenoxy) is 1. The molecule has 1 heterocycles. The fourth-order valence-electron chi connectivity index (χ4n) is 5.24. The van der Waals surface area contributed by atoms with E-state index in [1.54, 1.807) is 20.8 Å². The Kier molecular flexibility index (Phi) is 10.4. The fourth-order valence-corrected chi connectivity index (χ4v) is 5.24. The van der Waals surface area contributed by atoms with Crippen LogP contribution in [0, 0.1) is 0 Å². The lowest BCUT2D eigenvalue weighted by Gasteiger charge is -2.23. The second-order valence-electron chi connectivity index (χ2n) is 11.7. The van der Waals surface area contributed by atoms with E-state index in [0.717, 1.165) is 56.1 Å². The Morgan fingerprint density at radius 2 is 1.60 bits per heavy atom. The van der Waals surface area contributed by atoms with Gasteiger partial charge in [0, 0.05) is 36.3 Å². The lowest BCUT2D eigenvalue weighted by molar-refractivity contribution is -0.123. The minimum absolute atomic E-state index is 0.189. The van der Waals surface area contributed by atoms with E-state index in [9.17, 15) is 9.59 Å². The van der Waals surface area contributed by atoms with Crippen LogP contribution >= 0.6 is 0 Å². The summed E-state index contributed by atoms with van der Waals surface area (Å²) in [6.07, 6.45) is 8.51. The maximum absolute atomic E-state index is 13.0. The highest BCUT2D eigenvalue weighted by Gasteiger charge is 2.24. The molecule has 1 aliphatic rings. The fraction of sp³-hybridized carbons (Fsp3) is 0.485. The van der Waals surface area contributed by atoms with Crippen LogP contribution in [0.25, 0.3) is 10.9 Å². The molecule has 40 heavy (non-hydrogen) atoms. The van der Waals surface area contributed by atoms with E-state index in [0.29, 0.717) is 13.0 Å². The molecule has 2 aromatic carbocycles. The van der Waals surface area contributed by atoms with Crippen molar-refractivity contribution in [2.45, 2.75) is 90.2 Å². The van der Waals surface area contributed by atoms with Crippen LogP contribution in [-0.4, -0.2) is 41.7 Å². The van der Waals surface area contributed by atoms with E-state index >= 15 is 0 Å². The van der Waals surface area contributed by atoms with Gasteiger partial charge in [0.15, 0.2) is 0 Å². The summed E-state index contributed by atoms with van der Waals surface area (Å²) in [7, 11) is 0. The molecule has 0 saturated carbocycles. The van der Waals surface area contributed by atoms with E-state index in [1.165, 1.54) is 35.2 Å². The first-order chi connectivity index (χ1) is 19.3. The zero-order valence-electron chi connectivity index (χ0n) is 24.2. The third-order valence-corrected chi connectivity index (χ3v) is 7.16. The van der Waals surface area contributed by atoms with Crippen molar-refractivity contribution < 1.29 is 14.3 Å². The lowest BCUT2D eigenvalue weighted by atomic mass is 9.92. The standard InChI is InChI=1S/C33H44N4O3/c1-33(2,3)40-32(39)37-29(23-24-15-7-6-8-16-24)31(38)35-22-14-5-4-13-21-34-30-25-17-9-11-19-27(25)36-28-20-12-10-18-26(28)30/h6-9,11,15-17,19,29H,4-5,10,12-14,18,20-23H2,1-3H3,(H,34,36)(H,35,38)(H,37,39)/t29-/m0/s1. The molecule has 3 aromatic rings. The molecular weight excluding hydrogens is 500 g/mol. The van der Waals surface area contributed by atoms with Gasteiger partial charge in [0.05, 0.1) is 5.52 Å². The first-order valence-electron chi connectivity index (χ1n) is 14.8. The number of nitrogens with zero attached hydrogens (tertiary/aromatic N) is 1. The van der Waals surface area contributed by atoms with Gasteiger partial charge in [0.2, 0.25) is 5.91 Å². The van der Waals surface area contributed by atoms with E-state index in [4.69, 9.17) is 9.72 Å². The molecule has 1 atom stereocenters. The van der Waals surface area contributed by atoms with Crippen molar-refractivity contribution in [2.24, 2.45) is 0 Å². The van der Waals surface area contributed by atoms with Crippen LogP contribution in [0.4, 0.5) is 10.5 Å². The lowest BCUT2D eigenvalue weighted by Crippen LogP contribution is -2.49. The molecule has 7 nitrogen and oxygen atoms in total. The van der Waals surface area contributed by atoms with Crippen LogP contribution in [0.15, 0.2) is 54.6 Å². The number of nitrogens with one attached hydrogen (secondary N) is 3. The number of pyridine rings is 1. The Labute approximate surface area is 238 Å². The van der Waals surface area contributed by atoms with Gasteiger partial charge in [-0.2, -0.15) is 0 Å². The molecule has 0 saturated heterocycles. The van der Waals surface area contributed by atoms with Crippen molar-refractivity contribution in [1.29, 1.82) is 0 Å². The quantitative estimate of drug-likeness (QED) is 0.232. The van der Waals surface area contributed by atoms with Crippen LogP contribution in [0.1, 0.15) is 76.1 Å². The molecule has 0 bridgehead atoms. The van der Waals surface area contributed by atoms with Crippen molar-refractivity contribution in [2.75, 3.05) is 18.4 Å². The minimum atomic E-state index is -0.692. The van der Waals surface area contributed by atoms with Crippen LogP contribution in [0.3, 0.4) is 0 Å². The number of alkyl carbamates (subject to hydrolysis) is 1. The highest BCUT2D eigenvalue weighted by atomic mass is 16.6. The second kappa shape index (κ2) is 14.1. The Bertz CT molecular complexity index is 1270. The summed E-state index contributed by atoms with van der Waals surface area (Å²) in [4.78, 5) is 30.3. The van der Waals surface area contributed by atoms with Crippen molar-refractivity contribution in [3.05, 3.63) is 71.4 Å². The largest absolute Gasteiger partial charge is 0.444 e. The van der Waals surface area contributed by atoms with Crippen LogP contribution in [0.5, 0.6) is 0 Å². The van der Waals surface area contributed by atoms with Crippen LogP contribution < -0.4 is 16.0 Å². The van der Waals surface area contributed by atoms with Gasteiger partial charge in [-0.25, -0.2) is 4.79 Å². The molecule has 7 heteroatoms. The predicted octanol–water partition coefficient (Wildman–Crippen LogP) is 6.34. The maximum atomic E-state index is 13.0. The van der Waals surface area contributed by atoms with Crippen LogP contribution in [0.2, 0.25) is 0 Å². The molecule has 2 amide bonds. The molecule has 214 valence electrons. The molecule has 0 fully saturated rings. The molecule has 0 spiro atoms. The number of fused-ring (bicyclic) bond motifs is 2. The Hall–Kier alpha value is -3.61. The summed E-state index contributed by atoms with van der Waals surface area (Å²) >= 11 is 0. The highest BCUT2D eigenvalue weighted by molar-refractivity contribution is 5.93. The average Bonchev–Trinajstić information content (AvgIpc) is 2.93. The summed E-state index contributed by atoms with van der Waals surface area (Å²) in [5.41, 5.74) is 5.36. The van der Waals surface area contributed by atoms with Gasteiger partial charge in [0.1, 0.15) is 11.6 Å². The number of hydrogen-bond acceptors (Lipinski definition) is 5. The van der Waals surface area contributed by atoms with Crippen molar-refractivity contribution in [1.82, 2.24) is 15.6 Å². The van der Waals surface area contributed by atoms with Crippen molar-refractivity contribution in [3.63, 3.8) is 0 Å². The average molecular weight is 545 g/mol. The van der Waals surface area contributed by atoms with Crippen molar-refractivity contribution in [3.8, 4) is 0 Å². The zero-order valence-corrected chi connectivity index (χ0v) is 24.2. The van der Waals surface area contributed by atoms with Gasteiger partial charge in [0.25, 0.3) is 0 Å². The van der Waals surface area contributed by atoms with Crippen molar-refractivity contribution >= 4 is 28.6 Å². The van der Waals surface area contributed by atoms with Crippen LogP contribution in [-0.2, 0) is 28.8 Å². The van der Waals surface area contributed by atoms with Gasteiger partial charge < -0.3 is 20.7 Å². The number of aromatic nitrogens is 1. The normalized spacial score (nSPS) is 13.8. The molecule has 0 unspecified atom stereocenters. The molecule has 4 rings (SSSR count). The van der Waals surface area contributed by atoms with Gasteiger partial charge in [-0.05, 0) is 76.5 Å². The second-order valence-corrected chi connectivity index (χ2v) is 11.7. The number of benzene rings is 2. The Morgan fingerprint density at radius 1 is 0.900 bits per heavy atom. The molecule has 0 radical (unpaired) electrons. The molecule has 1 aliphatic carbocycles. The summed E-state index contributed by atoms with van der Waals surface area (Å²) < 4.78 is 5.38. The number of hydrogen-bond donors (Lipinski definition) is 3. The topological polar surface area (TPSA) is 92.3 Å². The highest BCUT2D eigenvalue weighted by Crippen LogP contribution is 2.33. The Balaban J connectivity index is 1.21. The molecule has 1 aromatic heterocycles. The third-order valence-electron chi connectivity index (χ3n) is 7.16. The smallest absolute Gasteiger partial charge is 0.408 e. The van der Waals surface area contributed by atoms with E-state index in [-0.39, 0.29) is 5.91 Å². The van der Waals surface area contributed by atoms with Gasteiger partial charge >= 0.3 is 6.09 Å². The SMILES string of the molecule is CC(C)(C)OC(=O)N[C@@H](Cc1ccccc1)C(=O)NCCCCCCNc1c2c(nc3ccccc13)CCCC2. The predicted molar refractivity (Wildman–Crippen MR) is 162 cm³/mol. The zero-order chi connectivity index (χ0) is 28.4. The van der Waals surface area contributed by atoms with Gasteiger partial charge in [-0.1, -0.05) is 61.4 Å². The summed E-state index contributed by atoms with van der Waals surface area (Å²) in [5.74, 6) is -0.189. The monoisotopic (exact) mass is 544 g/mol. The third kappa shape index (κ3) is 8.70. The number of anilines is 1. The number of para-hydroxylation sites is 1. The summed E-state index contributed by atoms with van der Waals surface area (Å²) in [6.45, 7) is 6.92. The maximum Gasteiger partial charge on any atom is 0.408 e. The van der Waals surface area contributed by atoms with E-state index < -0.39 is 17.7 Å². The summed E-state index contributed by atoms with van der Waals surface area (Å²) in [5, 5.41) is 10.7. The first kappa shape index (κ1) is 29.4. The van der Waals surface area contributed by atoms with E-state index in [1.807, 2.05) is 30.3 Å². The number of rotatable bonds is 12. The number of carbonyl (C=O) groups is 2. The molecular formula is C33H44N4O3. The summed E-state index contributed by atoms with van der Waals surface area (Å²) in [6, 6.07) is 17.4. The number of amides is 2. The Morgan fingerprint density at radius 3 is 2.38 bits per heavy atom.